The molecule has 5 rings (SSSR count). The Morgan fingerprint density at radius 2 is 1.80 bits per heavy atom. The summed E-state index contributed by atoms with van der Waals surface area (Å²) in [6.07, 6.45) is 3.32. The molecule has 5 heteroatoms. The van der Waals surface area contributed by atoms with Crippen molar-refractivity contribution >= 4 is 17.4 Å². The monoisotopic (exact) mass is 326 g/mol. The summed E-state index contributed by atoms with van der Waals surface area (Å²) < 4.78 is 0. The highest BCUT2D eigenvalue weighted by atomic mass is 16.4. The molecule has 2 N–H and O–H groups in total. The Hall–Kier alpha value is -3.47. The number of aromatic amines is 1. The SMILES string of the molecule is O/N=C\C1c2ccccc2-c2c(-c3nc4ncccc4[nH]3)cccc21. The van der Waals surface area contributed by atoms with Crippen LogP contribution in [0, 0.1) is 0 Å². The van der Waals surface area contributed by atoms with Gasteiger partial charge in [0.1, 0.15) is 5.82 Å². The summed E-state index contributed by atoms with van der Waals surface area (Å²) in [5.41, 5.74) is 7.16. The molecule has 120 valence electrons. The summed E-state index contributed by atoms with van der Waals surface area (Å²) in [6.45, 7) is 0. The second kappa shape index (κ2) is 5.27. The van der Waals surface area contributed by atoms with E-state index in [-0.39, 0.29) is 5.92 Å². The molecule has 0 saturated heterocycles. The fourth-order valence-corrected chi connectivity index (χ4v) is 3.69. The van der Waals surface area contributed by atoms with Crippen molar-refractivity contribution in [2.45, 2.75) is 5.92 Å². The van der Waals surface area contributed by atoms with Crippen molar-refractivity contribution < 1.29 is 5.21 Å². The van der Waals surface area contributed by atoms with Gasteiger partial charge in [0, 0.05) is 17.7 Å². The number of aromatic nitrogens is 3. The second-order valence-corrected chi connectivity index (χ2v) is 6.06. The van der Waals surface area contributed by atoms with Crippen LogP contribution in [0.4, 0.5) is 0 Å². The lowest BCUT2D eigenvalue weighted by Crippen LogP contribution is -1.97. The zero-order chi connectivity index (χ0) is 16.8. The maximum atomic E-state index is 9.10. The van der Waals surface area contributed by atoms with E-state index < -0.39 is 0 Å². The van der Waals surface area contributed by atoms with E-state index in [1.54, 1.807) is 12.4 Å². The molecule has 2 heterocycles. The highest BCUT2D eigenvalue weighted by Crippen LogP contribution is 2.47. The van der Waals surface area contributed by atoms with Crippen molar-refractivity contribution in [3.05, 3.63) is 71.9 Å². The molecule has 5 nitrogen and oxygen atoms in total. The van der Waals surface area contributed by atoms with E-state index in [1.165, 1.54) is 0 Å². The highest BCUT2D eigenvalue weighted by Gasteiger charge is 2.30. The number of benzene rings is 2. The minimum absolute atomic E-state index is 0.0568. The Morgan fingerprint density at radius 3 is 2.68 bits per heavy atom. The van der Waals surface area contributed by atoms with Gasteiger partial charge in [0.15, 0.2) is 5.65 Å². The van der Waals surface area contributed by atoms with Crippen LogP contribution < -0.4 is 0 Å². The smallest absolute Gasteiger partial charge is 0.178 e. The van der Waals surface area contributed by atoms with Gasteiger partial charge in [-0.1, -0.05) is 42.5 Å². The number of fused-ring (bicyclic) bond motifs is 4. The number of rotatable bonds is 2. The standard InChI is InChI=1S/C20H14N4O/c25-22-11-16-12-5-1-2-6-13(12)18-14(16)7-3-8-15(18)19-23-17-9-4-10-21-20(17)24-19/h1-11,16,25H,(H,21,23,24)/b22-11-. The van der Waals surface area contributed by atoms with Crippen molar-refractivity contribution in [3.63, 3.8) is 0 Å². The predicted molar refractivity (Wildman–Crippen MR) is 96.9 cm³/mol. The summed E-state index contributed by atoms with van der Waals surface area (Å²) in [4.78, 5) is 12.3. The minimum Gasteiger partial charge on any atom is -0.411 e. The lowest BCUT2D eigenvalue weighted by atomic mass is 9.96. The molecule has 0 saturated carbocycles. The van der Waals surface area contributed by atoms with E-state index in [2.05, 4.69) is 44.4 Å². The Labute approximate surface area is 143 Å². The van der Waals surface area contributed by atoms with Crippen LogP contribution in [0.3, 0.4) is 0 Å². The van der Waals surface area contributed by atoms with Crippen LogP contribution in [0.15, 0.2) is 65.9 Å². The molecule has 2 aromatic heterocycles. The summed E-state index contributed by atoms with van der Waals surface area (Å²) in [5.74, 6) is 0.737. The summed E-state index contributed by atoms with van der Waals surface area (Å²) in [6, 6.07) is 18.2. The second-order valence-electron chi connectivity index (χ2n) is 6.06. The van der Waals surface area contributed by atoms with Gasteiger partial charge < -0.3 is 10.2 Å². The minimum atomic E-state index is -0.0568. The molecule has 0 aliphatic heterocycles. The zero-order valence-electron chi connectivity index (χ0n) is 13.2. The van der Waals surface area contributed by atoms with E-state index >= 15 is 0 Å². The molecule has 1 aliphatic carbocycles. The van der Waals surface area contributed by atoms with Crippen molar-refractivity contribution in [1.29, 1.82) is 0 Å². The third-order valence-corrected chi connectivity index (χ3v) is 4.73. The highest BCUT2D eigenvalue weighted by molar-refractivity contribution is 5.96. The molecule has 1 unspecified atom stereocenters. The van der Waals surface area contributed by atoms with Gasteiger partial charge in [-0.3, -0.25) is 0 Å². The number of imidazole rings is 1. The molecular weight excluding hydrogens is 312 g/mol. The van der Waals surface area contributed by atoms with E-state index in [0.717, 1.165) is 39.2 Å². The van der Waals surface area contributed by atoms with Crippen molar-refractivity contribution in [1.82, 2.24) is 15.0 Å². The Morgan fingerprint density at radius 1 is 0.960 bits per heavy atom. The first-order chi connectivity index (χ1) is 12.4. The van der Waals surface area contributed by atoms with Crippen LogP contribution in [-0.4, -0.2) is 26.4 Å². The lowest BCUT2D eigenvalue weighted by Gasteiger charge is -2.08. The Bertz CT molecular complexity index is 1100. The van der Waals surface area contributed by atoms with Crippen molar-refractivity contribution in [2.75, 3.05) is 0 Å². The van der Waals surface area contributed by atoms with Crippen LogP contribution in [0.2, 0.25) is 0 Å². The molecule has 4 aromatic rings. The van der Waals surface area contributed by atoms with E-state index in [1.807, 2.05) is 30.3 Å². The normalized spacial score (nSPS) is 15.6. The van der Waals surface area contributed by atoms with Gasteiger partial charge in [-0.05, 0) is 34.4 Å². The summed E-state index contributed by atoms with van der Waals surface area (Å²) in [7, 11) is 0. The third-order valence-electron chi connectivity index (χ3n) is 4.73. The molecule has 0 amide bonds. The molecule has 0 spiro atoms. The van der Waals surface area contributed by atoms with Gasteiger partial charge in [0.25, 0.3) is 0 Å². The fourth-order valence-electron chi connectivity index (χ4n) is 3.69. The molecular formula is C20H14N4O. The number of pyridine rings is 1. The average molecular weight is 326 g/mol. The third kappa shape index (κ3) is 1.99. The fraction of sp³-hybridized carbons (Fsp3) is 0.0500. The van der Waals surface area contributed by atoms with Gasteiger partial charge in [-0.2, -0.15) is 0 Å². The van der Waals surface area contributed by atoms with E-state index in [0.29, 0.717) is 5.65 Å². The van der Waals surface area contributed by atoms with Crippen LogP contribution >= 0.6 is 0 Å². The van der Waals surface area contributed by atoms with Gasteiger partial charge in [-0.15, -0.1) is 5.16 Å². The molecule has 1 aliphatic rings. The van der Waals surface area contributed by atoms with Crippen LogP contribution in [0.5, 0.6) is 0 Å². The number of hydrogen-bond donors (Lipinski definition) is 2. The largest absolute Gasteiger partial charge is 0.411 e. The molecule has 2 aromatic carbocycles. The average Bonchev–Trinajstić information content (AvgIpc) is 3.22. The molecule has 0 fully saturated rings. The quantitative estimate of drug-likeness (QED) is 0.329. The Kier molecular flexibility index (Phi) is 2.94. The number of nitrogens with one attached hydrogen (secondary N) is 1. The first-order valence-corrected chi connectivity index (χ1v) is 8.07. The van der Waals surface area contributed by atoms with Gasteiger partial charge in [0.2, 0.25) is 0 Å². The molecule has 25 heavy (non-hydrogen) atoms. The maximum Gasteiger partial charge on any atom is 0.178 e. The number of oxime groups is 1. The van der Waals surface area contributed by atoms with E-state index in [4.69, 9.17) is 5.21 Å². The summed E-state index contributed by atoms with van der Waals surface area (Å²) in [5, 5.41) is 12.4. The first kappa shape index (κ1) is 13.9. The van der Waals surface area contributed by atoms with Crippen molar-refractivity contribution in [3.8, 4) is 22.5 Å². The number of nitrogens with zero attached hydrogens (tertiary/aromatic N) is 3. The molecule has 1 atom stereocenters. The van der Waals surface area contributed by atoms with Gasteiger partial charge in [0.05, 0.1) is 11.7 Å². The van der Waals surface area contributed by atoms with Crippen LogP contribution in [0.1, 0.15) is 17.0 Å². The molecule has 0 bridgehead atoms. The summed E-state index contributed by atoms with van der Waals surface area (Å²) >= 11 is 0. The lowest BCUT2D eigenvalue weighted by molar-refractivity contribution is 0.320. The van der Waals surface area contributed by atoms with Gasteiger partial charge >= 0.3 is 0 Å². The van der Waals surface area contributed by atoms with Crippen LogP contribution in [-0.2, 0) is 0 Å². The number of H-pyrrole nitrogens is 1. The van der Waals surface area contributed by atoms with Crippen LogP contribution in [0.25, 0.3) is 33.7 Å². The van der Waals surface area contributed by atoms with Gasteiger partial charge in [-0.25, -0.2) is 9.97 Å². The van der Waals surface area contributed by atoms with Crippen molar-refractivity contribution in [2.24, 2.45) is 5.16 Å². The first-order valence-electron chi connectivity index (χ1n) is 8.07. The zero-order valence-corrected chi connectivity index (χ0v) is 13.2. The topological polar surface area (TPSA) is 74.2 Å². The Balaban J connectivity index is 1.80. The predicted octanol–water partition coefficient (Wildman–Crippen LogP) is 4.20. The number of hydrogen-bond acceptors (Lipinski definition) is 4. The van der Waals surface area contributed by atoms with E-state index in [9.17, 15) is 0 Å². The molecule has 0 radical (unpaired) electrons. The maximum absolute atomic E-state index is 9.10.